The van der Waals surface area contributed by atoms with Crippen LogP contribution in [0.15, 0.2) is 85.7 Å². The van der Waals surface area contributed by atoms with Crippen LogP contribution in [-0.4, -0.2) is 128 Å². The van der Waals surface area contributed by atoms with Gasteiger partial charge in [-0.2, -0.15) is 0 Å². The third-order valence-electron chi connectivity index (χ3n) is 15.0. The van der Waals surface area contributed by atoms with Gasteiger partial charge in [-0.1, -0.05) is 12.1 Å². The molecule has 24 heteroatoms. The van der Waals surface area contributed by atoms with Crippen molar-refractivity contribution < 1.29 is 54.0 Å². The molecule has 4 fully saturated rings. The quantitative estimate of drug-likeness (QED) is 0.104. The number of carboxylic acid groups (broad SMARTS) is 1. The van der Waals surface area contributed by atoms with Gasteiger partial charge < -0.3 is 61.1 Å². The molecule has 10 heterocycles. The second kappa shape index (κ2) is 24.9. The van der Waals surface area contributed by atoms with Gasteiger partial charge in [0.05, 0.1) is 84.3 Å². The Balaban J connectivity index is 0.000000149. The first-order valence-corrected chi connectivity index (χ1v) is 27.1. The standard InChI is InChI=1S/C28H29FN8O2.C17H18FN3O3.C11H13N5.CH3.W/c29-20-15-24(35-10-12-39-13-11-35)23(36-16-22(30-17-36)18-7-8-18)14-19(20)28(38)32-25-5-3-4-21(31-25)27-34-33-26-6-1-2-9-37(26)27;18-13-8-16(20-3-5-24-6-4-20)15(7-12(13)17(22)23)21-9-14(19-10-21)11-1-2-11;12-9-5-3-4-8(13-9)11-15-14-10-6-1-2-7-16(10)11;;/h3-5,14-18H,1-2,6-13H2,(H,31,32,38);7-11H,1-6H2,(H,22,23);3-5H,1-2,6-7H2,(H2,12,13);1H3;/q;;;-1;. The van der Waals surface area contributed by atoms with Crippen LogP contribution in [0.3, 0.4) is 0 Å². The number of rotatable bonds is 11. The number of morpholine rings is 2. The van der Waals surface area contributed by atoms with E-state index in [1.54, 1.807) is 41.5 Å². The zero-order valence-electron chi connectivity index (χ0n) is 45.0. The average Bonchev–Trinajstić information content (AvgIpc) is 4.28. The van der Waals surface area contributed by atoms with Gasteiger partial charge in [0.25, 0.3) is 5.91 Å². The van der Waals surface area contributed by atoms with Gasteiger partial charge in [0.15, 0.2) is 11.6 Å². The second-order valence-corrected chi connectivity index (χ2v) is 20.5. The number of anilines is 4. The molecule has 0 unspecified atom stereocenters. The van der Waals surface area contributed by atoms with E-state index in [0.717, 1.165) is 99.0 Å². The first-order chi connectivity index (χ1) is 38.6. The summed E-state index contributed by atoms with van der Waals surface area (Å²) in [5.41, 5.74) is 11.5. The number of benzene rings is 2. The van der Waals surface area contributed by atoms with Crippen LogP contribution in [0.4, 0.5) is 31.8 Å². The summed E-state index contributed by atoms with van der Waals surface area (Å²) < 4.78 is 48.5. The van der Waals surface area contributed by atoms with E-state index in [1.165, 1.54) is 31.0 Å². The predicted molar refractivity (Wildman–Crippen MR) is 295 cm³/mol. The van der Waals surface area contributed by atoms with Gasteiger partial charge in [0.2, 0.25) is 0 Å². The van der Waals surface area contributed by atoms with Gasteiger partial charge in [0, 0.05) is 110 Å². The molecule has 6 aliphatic rings. The number of carboxylic acids is 1. The van der Waals surface area contributed by atoms with Crippen molar-refractivity contribution in [1.29, 1.82) is 0 Å². The van der Waals surface area contributed by atoms with E-state index in [2.05, 4.69) is 59.7 Å². The molecule has 1 amide bonds. The van der Waals surface area contributed by atoms with Crippen LogP contribution >= 0.6 is 0 Å². The topological polar surface area (TPSA) is 240 Å². The maximum absolute atomic E-state index is 15.5. The van der Waals surface area contributed by atoms with Crippen molar-refractivity contribution in [2.75, 3.05) is 73.5 Å². The van der Waals surface area contributed by atoms with Gasteiger partial charge in [-0.25, -0.2) is 33.5 Å². The number of nitrogens with two attached hydrogens (primary N) is 1. The summed E-state index contributed by atoms with van der Waals surface area (Å²) in [6.07, 6.45) is 18.3. The summed E-state index contributed by atoms with van der Waals surface area (Å²) in [6.45, 7) is 6.67. The number of amides is 1. The van der Waals surface area contributed by atoms with E-state index in [9.17, 15) is 19.1 Å². The fourth-order valence-electron chi connectivity index (χ4n) is 10.5. The van der Waals surface area contributed by atoms with Crippen LogP contribution in [0, 0.1) is 19.1 Å². The van der Waals surface area contributed by atoms with E-state index in [1.807, 2.05) is 40.1 Å². The fraction of sp³-hybridized carbons (Fsp3) is 0.386. The van der Waals surface area contributed by atoms with Crippen LogP contribution in [0.25, 0.3) is 34.4 Å². The zero-order valence-corrected chi connectivity index (χ0v) is 47.9. The summed E-state index contributed by atoms with van der Waals surface area (Å²) in [4.78, 5) is 46.7. The molecule has 4 aliphatic heterocycles. The van der Waals surface area contributed by atoms with Gasteiger partial charge >= 0.3 is 5.97 Å². The van der Waals surface area contributed by atoms with Crippen LogP contribution in [-0.2, 0) is 56.5 Å². The normalized spacial score (nSPS) is 16.5. The molecule has 2 aliphatic carbocycles. The van der Waals surface area contributed by atoms with Gasteiger partial charge in [-0.15, -0.1) is 20.4 Å². The number of fused-ring (bicyclic) bond motifs is 2. The Morgan fingerprint density at radius 2 is 1.09 bits per heavy atom. The number of hydrogen-bond donors (Lipinski definition) is 3. The number of aryl methyl sites for hydroxylation is 2. The van der Waals surface area contributed by atoms with Crippen LogP contribution in [0.2, 0.25) is 0 Å². The van der Waals surface area contributed by atoms with Crippen molar-refractivity contribution in [3.05, 3.63) is 139 Å². The van der Waals surface area contributed by atoms with Crippen molar-refractivity contribution in [1.82, 2.24) is 58.6 Å². The molecule has 4 N–H and O–H groups in total. The third kappa shape index (κ3) is 12.6. The molecule has 8 aromatic rings. The largest absolute Gasteiger partial charge is 0.478 e. The Bertz CT molecular complexity index is 3530. The Morgan fingerprint density at radius 1 is 0.605 bits per heavy atom. The van der Waals surface area contributed by atoms with E-state index < -0.39 is 23.5 Å². The number of halogens is 2. The number of imidazole rings is 2. The Hall–Kier alpha value is -7.75. The smallest absolute Gasteiger partial charge is 0.338 e. The van der Waals surface area contributed by atoms with Crippen molar-refractivity contribution in [3.63, 3.8) is 0 Å². The Kier molecular flexibility index (Phi) is 17.4. The van der Waals surface area contributed by atoms with Crippen molar-refractivity contribution in [2.45, 2.75) is 89.1 Å². The number of nitrogens with zero attached hydrogens (tertiary/aromatic N) is 14. The molecule has 2 saturated carbocycles. The molecular formula is C57H63F2N16O5W-. The number of hydrogen-bond acceptors (Lipinski definition) is 15. The molecule has 81 heavy (non-hydrogen) atoms. The molecule has 0 spiro atoms. The summed E-state index contributed by atoms with van der Waals surface area (Å²) >= 11 is 0. The first kappa shape index (κ1) is 56.5. The van der Waals surface area contributed by atoms with E-state index in [4.69, 9.17) is 15.2 Å². The monoisotopic (exact) mass is 1270 g/mol. The molecule has 2 saturated heterocycles. The zero-order chi connectivity index (χ0) is 54.0. The van der Waals surface area contributed by atoms with E-state index in [-0.39, 0.29) is 39.6 Å². The van der Waals surface area contributed by atoms with Crippen LogP contribution in [0.1, 0.15) is 107 Å². The minimum Gasteiger partial charge on any atom is -0.478 e. The van der Waals surface area contributed by atoms with Crippen molar-refractivity contribution >= 4 is 34.9 Å². The van der Waals surface area contributed by atoms with E-state index in [0.29, 0.717) is 110 Å². The fourth-order valence-corrected chi connectivity index (χ4v) is 10.5. The van der Waals surface area contributed by atoms with Crippen LogP contribution in [0.5, 0.6) is 0 Å². The maximum atomic E-state index is 15.5. The number of aromatic carboxylic acids is 1. The van der Waals surface area contributed by atoms with Crippen molar-refractivity contribution in [3.8, 4) is 34.4 Å². The summed E-state index contributed by atoms with van der Waals surface area (Å²) in [5.74, 6) is 2.18. The summed E-state index contributed by atoms with van der Waals surface area (Å²) in [6, 6.07) is 16.7. The minimum absolute atomic E-state index is 0. The van der Waals surface area contributed by atoms with Gasteiger partial charge in [-0.3, -0.25) is 4.79 Å². The number of ether oxygens (including phenoxy) is 2. The molecule has 0 radical (unpaired) electrons. The number of nitrogens with one attached hydrogen (secondary N) is 1. The third-order valence-corrected chi connectivity index (χ3v) is 15.0. The molecule has 14 rings (SSSR count). The molecular weight excluding hydrogens is 1210 g/mol. The molecule has 21 nitrogen and oxygen atoms in total. The Morgan fingerprint density at radius 3 is 1.58 bits per heavy atom. The number of aromatic nitrogens is 12. The number of carbonyl (C=O) groups excluding carboxylic acids is 1. The second-order valence-electron chi connectivity index (χ2n) is 20.5. The number of nitrogen functional groups attached to an aromatic ring is 1. The number of carbonyl (C=O) groups is 2. The van der Waals surface area contributed by atoms with Gasteiger partial charge in [-0.05, 0) is 87.8 Å². The summed E-state index contributed by atoms with van der Waals surface area (Å²) in [5, 5.41) is 29.1. The molecule has 0 bridgehead atoms. The molecule has 422 valence electrons. The first-order valence-electron chi connectivity index (χ1n) is 27.1. The minimum atomic E-state index is -1.27. The SMILES string of the molecule is Nc1cccc(-c2nnc3n2CCCC3)n1.O=C(Nc1cccc(-c2nnc3n2CCCC3)n1)c1cc(-n2cnc(C3CC3)c2)c(N2CCOCC2)cc1F.O=C(O)c1cc(-n2cnc(C3CC3)c2)c(N2CCOCC2)cc1F.[CH3-].[W]. The average molecular weight is 1270 g/mol. The van der Waals surface area contributed by atoms with Crippen LogP contribution < -0.4 is 20.9 Å². The van der Waals surface area contributed by atoms with E-state index >= 15 is 4.39 Å². The molecule has 0 atom stereocenters. The van der Waals surface area contributed by atoms with Gasteiger partial charge in [0.1, 0.15) is 46.3 Å². The number of pyridine rings is 2. The maximum Gasteiger partial charge on any atom is 0.338 e. The predicted octanol–water partition coefficient (Wildman–Crippen LogP) is 8.10. The summed E-state index contributed by atoms with van der Waals surface area (Å²) in [7, 11) is 0. The van der Waals surface area contributed by atoms with Crippen molar-refractivity contribution in [2.24, 2.45) is 0 Å². The molecule has 6 aromatic heterocycles. The molecule has 2 aromatic carbocycles. The Labute approximate surface area is 481 Å².